The van der Waals surface area contributed by atoms with Gasteiger partial charge < -0.3 is 10.0 Å². The molecule has 0 radical (unpaired) electrons. The summed E-state index contributed by atoms with van der Waals surface area (Å²) in [5, 5.41) is 12.1. The molecule has 0 bridgehead atoms. The third-order valence-electron chi connectivity index (χ3n) is 3.63. The first kappa shape index (κ1) is 15.4. The minimum Gasteiger partial charge on any atom is -0.395 e. The van der Waals surface area contributed by atoms with E-state index in [9.17, 15) is 4.79 Å². The topological polar surface area (TPSA) is 56.7 Å². The number of aromatic nitrogens is 1. The van der Waals surface area contributed by atoms with E-state index in [0.717, 1.165) is 49.7 Å². The molecule has 1 fully saturated rings. The van der Waals surface area contributed by atoms with Crippen LogP contribution in [0.2, 0.25) is 0 Å². The molecule has 1 N–H and O–H groups in total. The fraction of sp³-hybridized carbons (Fsp3) is 0.714. The second-order valence-electron chi connectivity index (χ2n) is 5.16. The summed E-state index contributed by atoms with van der Waals surface area (Å²) < 4.78 is 0. The smallest absolute Gasteiger partial charge is 0.222 e. The highest BCUT2D eigenvalue weighted by molar-refractivity contribution is 7.09. The zero-order valence-corrected chi connectivity index (χ0v) is 12.9. The van der Waals surface area contributed by atoms with Gasteiger partial charge in [-0.25, -0.2) is 4.98 Å². The van der Waals surface area contributed by atoms with Gasteiger partial charge in [0, 0.05) is 44.5 Å². The molecule has 0 aromatic carbocycles. The molecule has 1 amide bonds. The molecule has 2 heterocycles. The van der Waals surface area contributed by atoms with Crippen LogP contribution >= 0.6 is 11.3 Å². The number of aryl methyl sites for hydroxylation is 2. The van der Waals surface area contributed by atoms with Crippen molar-refractivity contribution in [1.82, 2.24) is 14.8 Å². The Balaban J connectivity index is 1.65. The quantitative estimate of drug-likeness (QED) is 0.848. The van der Waals surface area contributed by atoms with Crippen LogP contribution in [-0.4, -0.2) is 65.1 Å². The summed E-state index contributed by atoms with van der Waals surface area (Å²) in [6.45, 7) is 6.23. The molecular weight excluding hydrogens is 274 g/mol. The van der Waals surface area contributed by atoms with Crippen LogP contribution in [0.5, 0.6) is 0 Å². The molecule has 0 aliphatic carbocycles. The van der Waals surface area contributed by atoms with Crippen molar-refractivity contribution in [3.05, 3.63) is 16.1 Å². The molecule has 112 valence electrons. The molecule has 0 saturated carbocycles. The number of rotatable bonds is 6. The van der Waals surface area contributed by atoms with E-state index >= 15 is 0 Å². The van der Waals surface area contributed by atoms with Gasteiger partial charge in [0.1, 0.15) is 0 Å². The van der Waals surface area contributed by atoms with Crippen LogP contribution in [-0.2, 0) is 11.2 Å². The lowest BCUT2D eigenvalue weighted by molar-refractivity contribution is -0.133. The van der Waals surface area contributed by atoms with Crippen molar-refractivity contribution in [2.24, 2.45) is 0 Å². The third-order valence-corrected chi connectivity index (χ3v) is 4.45. The first-order valence-corrected chi connectivity index (χ1v) is 8.09. The fourth-order valence-electron chi connectivity index (χ4n) is 2.46. The maximum atomic E-state index is 12.1. The van der Waals surface area contributed by atoms with Crippen LogP contribution < -0.4 is 0 Å². The largest absolute Gasteiger partial charge is 0.395 e. The highest BCUT2D eigenvalue weighted by atomic mass is 32.1. The summed E-state index contributed by atoms with van der Waals surface area (Å²) in [5.41, 5.74) is 1.10. The summed E-state index contributed by atoms with van der Waals surface area (Å²) in [5.74, 6) is 0.251. The Labute approximate surface area is 124 Å². The van der Waals surface area contributed by atoms with Crippen LogP contribution in [0.4, 0.5) is 0 Å². The van der Waals surface area contributed by atoms with E-state index in [1.54, 1.807) is 11.3 Å². The molecule has 5 nitrogen and oxygen atoms in total. The lowest BCUT2D eigenvalue weighted by Gasteiger charge is -2.34. The van der Waals surface area contributed by atoms with Gasteiger partial charge in [-0.05, 0) is 19.8 Å². The Morgan fingerprint density at radius 1 is 1.40 bits per heavy atom. The molecule has 2 rings (SSSR count). The van der Waals surface area contributed by atoms with Gasteiger partial charge in [-0.3, -0.25) is 9.69 Å². The Hall–Kier alpha value is -0.980. The van der Waals surface area contributed by atoms with Crippen molar-refractivity contribution in [2.45, 2.75) is 26.2 Å². The Morgan fingerprint density at radius 3 is 2.75 bits per heavy atom. The van der Waals surface area contributed by atoms with Crippen LogP contribution in [0.25, 0.3) is 0 Å². The highest BCUT2D eigenvalue weighted by Crippen LogP contribution is 2.12. The van der Waals surface area contributed by atoms with Gasteiger partial charge in [-0.15, -0.1) is 11.3 Å². The van der Waals surface area contributed by atoms with Crippen LogP contribution in [0.15, 0.2) is 5.38 Å². The van der Waals surface area contributed by atoms with E-state index in [2.05, 4.69) is 15.3 Å². The van der Waals surface area contributed by atoms with E-state index in [0.29, 0.717) is 13.0 Å². The fourth-order valence-corrected chi connectivity index (χ4v) is 3.11. The number of hydrogen-bond acceptors (Lipinski definition) is 5. The molecule has 1 aromatic rings. The zero-order valence-electron chi connectivity index (χ0n) is 12.0. The molecule has 0 spiro atoms. The highest BCUT2D eigenvalue weighted by Gasteiger charge is 2.20. The average molecular weight is 297 g/mol. The normalized spacial score (nSPS) is 16.6. The number of β-amino-alcohol motifs (C(OH)–C–C–N with tert-alkyl or cyclic N) is 1. The van der Waals surface area contributed by atoms with Crippen LogP contribution in [0.3, 0.4) is 0 Å². The second-order valence-corrected chi connectivity index (χ2v) is 6.22. The van der Waals surface area contributed by atoms with E-state index in [1.807, 2.05) is 11.8 Å². The van der Waals surface area contributed by atoms with E-state index in [-0.39, 0.29) is 12.5 Å². The van der Waals surface area contributed by atoms with Crippen molar-refractivity contribution in [2.75, 3.05) is 39.3 Å². The number of aliphatic hydroxyl groups excluding tert-OH is 1. The lowest BCUT2D eigenvalue weighted by atomic mass is 10.2. The average Bonchev–Trinajstić information content (AvgIpc) is 2.85. The molecule has 6 heteroatoms. The molecule has 0 atom stereocenters. The number of thiazole rings is 1. The van der Waals surface area contributed by atoms with Gasteiger partial charge >= 0.3 is 0 Å². The molecular formula is C14H23N3O2S. The van der Waals surface area contributed by atoms with Gasteiger partial charge in [0.25, 0.3) is 0 Å². The number of carbonyl (C=O) groups excluding carboxylic acids is 1. The minimum atomic E-state index is 0.195. The number of aliphatic hydroxyl groups is 1. The monoisotopic (exact) mass is 297 g/mol. The maximum Gasteiger partial charge on any atom is 0.222 e. The minimum absolute atomic E-state index is 0.195. The van der Waals surface area contributed by atoms with E-state index in [1.165, 1.54) is 0 Å². The van der Waals surface area contributed by atoms with Crippen molar-refractivity contribution >= 4 is 17.2 Å². The molecule has 1 aliphatic heterocycles. The third kappa shape index (κ3) is 4.54. The number of piperazine rings is 1. The number of carbonyl (C=O) groups is 1. The van der Waals surface area contributed by atoms with Gasteiger partial charge in [-0.2, -0.15) is 0 Å². The van der Waals surface area contributed by atoms with Crippen LogP contribution in [0.1, 0.15) is 23.5 Å². The van der Waals surface area contributed by atoms with Crippen LogP contribution in [0, 0.1) is 6.92 Å². The summed E-state index contributed by atoms with van der Waals surface area (Å²) in [6.07, 6.45) is 2.37. The van der Waals surface area contributed by atoms with Crippen molar-refractivity contribution in [3.8, 4) is 0 Å². The standard InChI is InChI=1S/C14H23N3O2S/c1-12-15-13(11-20-12)3-2-4-14(19)17-7-5-16(6-8-17)9-10-18/h11,18H,2-10H2,1H3. The molecule has 1 aliphatic rings. The summed E-state index contributed by atoms with van der Waals surface area (Å²) in [4.78, 5) is 20.7. The predicted molar refractivity (Wildman–Crippen MR) is 79.9 cm³/mol. The summed E-state index contributed by atoms with van der Waals surface area (Å²) >= 11 is 1.66. The first-order chi connectivity index (χ1) is 9.69. The summed E-state index contributed by atoms with van der Waals surface area (Å²) in [6, 6.07) is 0. The molecule has 1 aromatic heterocycles. The summed E-state index contributed by atoms with van der Waals surface area (Å²) in [7, 11) is 0. The van der Waals surface area contributed by atoms with Gasteiger partial charge in [0.05, 0.1) is 17.3 Å². The Morgan fingerprint density at radius 2 is 2.15 bits per heavy atom. The van der Waals surface area contributed by atoms with Crippen molar-refractivity contribution in [3.63, 3.8) is 0 Å². The Bertz CT molecular complexity index is 428. The number of hydrogen-bond donors (Lipinski definition) is 1. The number of nitrogens with zero attached hydrogens (tertiary/aromatic N) is 3. The SMILES string of the molecule is Cc1nc(CCCC(=O)N2CCN(CCO)CC2)cs1. The molecule has 20 heavy (non-hydrogen) atoms. The van der Waals surface area contributed by atoms with Gasteiger partial charge in [0.15, 0.2) is 0 Å². The number of amides is 1. The van der Waals surface area contributed by atoms with Crippen molar-refractivity contribution < 1.29 is 9.90 Å². The first-order valence-electron chi connectivity index (χ1n) is 7.21. The second kappa shape index (κ2) is 7.71. The zero-order chi connectivity index (χ0) is 14.4. The Kier molecular flexibility index (Phi) is 5.94. The van der Waals surface area contributed by atoms with Crippen molar-refractivity contribution in [1.29, 1.82) is 0 Å². The van der Waals surface area contributed by atoms with E-state index < -0.39 is 0 Å². The van der Waals surface area contributed by atoms with Gasteiger partial charge in [-0.1, -0.05) is 0 Å². The van der Waals surface area contributed by atoms with Gasteiger partial charge in [0.2, 0.25) is 5.91 Å². The lowest BCUT2D eigenvalue weighted by Crippen LogP contribution is -2.49. The van der Waals surface area contributed by atoms with E-state index in [4.69, 9.17) is 5.11 Å². The molecule has 1 saturated heterocycles. The predicted octanol–water partition coefficient (Wildman–Crippen LogP) is 0.911. The molecule has 0 unspecified atom stereocenters. The maximum absolute atomic E-state index is 12.1.